The Morgan fingerprint density at radius 3 is 2.19 bits per heavy atom. The predicted molar refractivity (Wildman–Crippen MR) is 169 cm³/mol. The summed E-state index contributed by atoms with van der Waals surface area (Å²) in [5.74, 6) is 0.674. The molecular weight excluding hydrogens is 520 g/mol. The average molecular weight is 561 g/mol. The lowest BCUT2D eigenvalue weighted by atomic mass is 9.99. The zero-order valence-electron chi connectivity index (χ0n) is 25.0. The molecule has 0 radical (unpaired) electrons. The number of unbranched alkanes of at least 4 members (excludes halogenated alkanes) is 1. The lowest BCUT2D eigenvalue weighted by molar-refractivity contribution is 0.0998. The lowest BCUT2D eigenvalue weighted by Crippen LogP contribution is -2.46. The first-order valence-electron chi connectivity index (χ1n) is 14.6. The van der Waals surface area contributed by atoms with Crippen LogP contribution in [0.25, 0.3) is 0 Å². The van der Waals surface area contributed by atoms with Gasteiger partial charge >= 0.3 is 6.09 Å². The van der Waals surface area contributed by atoms with E-state index in [2.05, 4.69) is 49.4 Å². The molecule has 42 heavy (non-hydrogen) atoms. The fourth-order valence-corrected chi connectivity index (χ4v) is 4.87. The maximum atomic E-state index is 13.9. The van der Waals surface area contributed by atoms with Gasteiger partial charge in [-0.25, -0.2) is 4.79 Å². The summed E-state index contributed by atoms with van der Waals surface area (Å²) in [5, 5.41) is 9.14. The normalized spacial score (nSPS) is 11.8. The highest BCUT2D eigenvalue weighted by Crippen LogP contribution is 2.31. The smallest absolute Gasteiger partial charge is 0.415 e. The molecule has 216 valence electrons. The number of rotatable bonds is 11. The van der Waals surface area contributed by atoms with Gasteiger partial charge in [-0.15, -0.1) is 0 Å². The van der Waals surface area contributed by atoms with Gasteiger partial charge in [-0.3, -0.25) is 4.90 Å². The van der Waals surface area contributed by atoms with Crippen LogP contribution in [0, 0.1) is 11.3 Å². The van der Waals surface area contributed by atoms with E-state index >= 15 is 0 Å². The van der Waals surface area contributed by atoms with Crippen LogP contribution in [-0.2, 0) is 24.2 Å². The maximum absolute atomic E-state index is 13.9. The number of carbonyl (C=O) groups is 1. The van der Waals surface area contributed by atoms with Crippen LogP contribution in [0.5, 0.6) is 5.75 Å². The van der Waals surface area contributed by atoms with Crippen LogP contribution in [0.2, 0.25) is 0 Å². The number of carbonyl (C=O) groups excluding carboxylic acids is 1. The van der Waals surface area contributed by atoms with E-state index in [4.69, 9.17) is 14.7 Å². The van der Waals surface area contributed by atoms with Crippen molar-refractivity contribution in [2.75, 3.05) is 4.90 Å². The molecule has 4 rings (SSSR count). The van der Waals surface area contributed by atoms with Crippen molar-refractivity contribution in [1.82, 2.24) is 0 Å². The Kier molecular flexibility index (Phi) is 10.4. The average Bonchev–Trinajstić information content (AvgIpc) is 2.99. The minimum Gasteiger partial charge on any atom is -0.489 e. The van der Waals surface area contributed by atoms with Gasteiger partial charge in [0.1, 0.15) is 18.5 Å². The minimum absolute atomic E-state index is 0.346. The van der Waals surface area contributed by atoms with Crippen LogP contribution in [0.1, 0.15) is 74.5 Å². The molecule has 0 bridgehead atoms. The van der Waals surface area contributed by atoms with Crippen molar-refractivity contribution in [3.8, 4) is 11.8 Å². The van der Waals surface area contributed by atoms with Gasteiger partial charge in [0.2, 0.25) is 0 Å². The Morgan fingerprint density at radius 2 is 1.55 bits per heavy atom. The van der Waals surface area contributed by atoms with Crippen LogP contribution >= 0.6 is 0 Å². The molecule has 4 aromatic carbocycles. The van der Waals surface area contributed by atoms with Gasteiger partial charge in [0.05, 0.1) is 11.6 Å². The standard InChI is InChI=1S/C37H40N2O3/c1-5-6-11-28-16-18-32(19-17-28)35(25-29-12-8-7-9-13-29)42-36(40)39(37(2,3)4)33-20-22-34(23-21-33)41-27-31-15-10-14-30(24-31)26-38/h7-10,12-24,35H,5-6,11,25,27H2,1-4H3. The van der Waals surface area contributed by atoms with Gasteiger partial charge in [0.25, 0.3) is 0 Å². The minimum atomic E-state index is -0.529. The van der Waals surface area contributed by atoms with Crippen LogP contribution in [0.3, 0.4) is 0 Å². The summed E-state index contributed by atoms with van der Waals surface area (Å²) in [4.78, 5) is 15.6. The predicted octanol–water partition coefficient (Wildman–Crippen LogP) is 9.21. The van der Waals surface area contributed by atoms with Crippen molar-refractivity contribution in [2.45, 2.75) is 71.6 Å². The van der Waals surface area contributed by atoms with E-state index in [1.807, 2.05) is 81.4 Å². The van der Waals surface area contributed by atoms with E-state index in [1.54, 1.807) is 11.0 Å². The molecule has 4 aromatic rings. The number of nitriles is 1. The molecule has 0 N–H and O–H groups in total. The zero-order valence-corrected chi connectivity index (χ0v) is 25.0. The van der Waals surface area contributed by atoms with Crippen molar-refractivity contribution < 1.29 is 14.3 Å². The number of aryl methyl sites for hydroxylation is 1. The second kappa shape index (κ2) is 14.4. The third kappa shape index (κ3) is 8.47. The van der Waals surface area contributed by atoms with Gasteiger partial charge in [-0.2, -0.15) is 5.26 Å². The second-order valence-electron chi connectivity index (χ2n) is 11.5. The van der Waals surface area contributed by atoms with E-state index in [0.29, 0.717) is 24.3 Å². The fraction of sp³-hybridized carbons (Fsp3) is 0.297. The summed E-state index contributed by atoms with van der Waals surface area (Å²) in [6.07, 6.45) is 3.10. The van der Waals surface area contributed by atoms with Crippen molar-refractivity contribution in [3.05, 3.63) is 131 Å². The number of amides is 1. The molecular formula is C37H40N2O3. The number of ether oxygens (including phenoxy) is 2. The zero-order chi connectivity index (χ0) is 30.0. The molecule has 5 heteroatoms. The first-order chi connectivity index (χ1) is 20.3. The van der Waals surface area contributed by atoms with E-state index in [9.17, 15) is 4.79 Å². The number of hydrogen-bond donors (Lipinski definition) is 0. The van der Waals surface area contributed by atoms with Crippen LogP contribution in [-0.4, -0.2) is 11.6 Å². The molecule has 0 saturated carbocycles. The Morgan fingerprint density at radius 1 is 0.857 bits per heavy atom. The van der Waals surface area contributed by atoms with Crippen molar-refractivity contribution in [2.24, 2.45) is 0 Å². The van der Waals surface area contributed by atoms with Crippen LogP contribution < -0.4 is 9.64 Å². The summed E-state index contributed by atoms with van der Waals surface area (Å²) in [6, 6.07) is 35.6. The Balaban J connectivity index is 1.52. The van der Waals surface area contributed by atoms with Gasteiger partial charge in [-0.05, 0) is 92.3 Å². The number of anilines is 1. The third-order valence-electron chi connectivity index (χ3n) is 7.09. The first-order valence-corrected chi connectivity index (χ1v) is 14.6. The summed E-state index contributed by atoms with van der Waals surface area (Å²) in [6.45, 7) is 8.53. The monoisotopic (exact) mass is 560 g/mol. The lowest BCUT2D eigenvalue weighted by Gasteiger charge is -2.36. The highest BCUT2D eigenvalue weighted by atomic mass is 16.6. The highest BCUT2D eigenvalue weighted by molar-refractivity contribution is 5.89. The maximum Gasteiger partial charge on any atom is 0.415 e. The van der Waals surface area contributed by atoms with Gasteiger partial charge in [0, 0.05) is 17.6 Å². The van der Waals surface area contributed by atoms with E-state index < -0.39 is 17.7 Å². The van der Waals surface area contributed by atoms with Crippen LogP contribution in [0.4, 0.5) is 10.5 Å². The Hall–Kier alpha value is -4.56. The number of hydrogen-bond acceptors (Lipinski definition) is 4. The third-order valence-corrected chi connectivity index (χ3v) is 7.09. The first kappa shape index (κ1) is 30.4. The molecule has 0 aliphatic carbocycles. The molecule has 5 nitrogen and oxygen atoms in total. The van der Waals surface area contributed by atoms with Crippen molar-refractivity contribution >= 4 is 11.8 Å². The SMILES string of the molecule is CCCCc1ccc(C(Cc2ccccc2)OC(=O)N(c2ccc(OCc3cccc(C#N)c3)cc2)C(C)(C)C)cc1. The topological polar surface area (TPSA) is 62.6 Å². The van der Waals surface area contributed by atoms with Gasteiger partial charge in [0.15, 0.2) is 0 Å². The molecule has 0 heterocycles. The Labute approximate surface area is 250 Å². The fourth-order valence-electron chi connectivity index (χ4n) is 4.87. The van der Waals surface area contributed by atoms with E-state index in [-0.39, 0.29) is 0 Å². The van der Waals surface area contributed by atoms with Crippen molar-refractivity contribution in [1.29, 1.82) is 5.26 Å². The molecule has 1 amide bonds. The number of benzene rings is 4. The van der Waals surface area contributed by atoms with Crippen molar-refractivity contribution in [3.63, 3.8) is 0 Å². The molecule has 0 fully saturated rings. The Bertz CT molecular complexity index is 1470. The molecule has 0 spiro atoms. The molecule has 0 aliphatic heterocycles. The molecule has 0 saturated heterocycles. The molecule has 1 atom stereocenters. The number of nitrogens with zero attached hydrogens (tertiary/aromatic N) is 2. The summed E-state index contributed by atoms with van der Waals surface area (Å²) >= 11 is 0. The molecule has 1 unspecified atom stereocenters. The quantitative estimate of drug-likeness (QED) is 0.183. The van der Waals surface area contributed by atoms with E-state index in [0.717, 1.165) is 41.6 Å². The second-order valence-corrected chi connectivity index (χ2v) is 11.5. The summed E-state index contributed by atoms with van der Waals surface area (Å²) in [7, 11) is 0. The summed E-state index contributed by atoms with van der Waals surface area (Å²) < 4.78 is 12.2. The van der Waals surface area contributed by atoms with Gasteiger partial charge < -0.3 is 9.47 Å². The van der Waals surface area contributed by atoms with Gasteiger partial charge in [-0.1, -0.05) is 80.1 Å². The summed E-state index contributed by atoms with van der Waals surface area (Å²) in [5.41, 5.74) is 5.09. The molecule has 0 aliphatic rings. The van der Waals surface area contributed by atoms with Crippen LogP contribution in [0.15, 0.2) is 103 Å². The molecule has 0 aromatic heterocycles. The van der Waals surface area contributed by atoms with E-state index in [1.165, 1.54) is 5.56 Å². The highest BCUT2D eigenvalue weighted by Gasteiger charge is 2.32. The largest absolute Gasteiger partial charge is 0.489 e.